The predicted octanol–water partition coefficient (Wildman–Crippen LogP) is -7.81. The first-order chi connectivity index (χ1) is 30.5. The number of hydrogen-bond acceptors (Lipinski definition) is 15. The number of guanidine groups is 2. The van der Waals surface area contributed by atoms with E-state index in [1.807, 2.05) is 0 Å². The number of carbonyl (C=O) groups is 9. The lowest BCUT2D eigenvalue weighted by molar-refractivity contribution is -0.143. The van der Waals surface area contributed by atoms with E-state index in [0.717, 1.165) is 6.92 Å². The number of carboxylic acid groups (broad SMARTS) is 1. The van der Waals surface area contributed by atoms with Crippen molar-refractivity contribution in [1.29, 1.82) is 0 Å². The highest BCUT2D eigenvalue weighted by atomic mass is 16.4. The van der Waals surface area contributed by atoms with Gasteiger partial charge in [0.05, 0.1) is 18.6 Å². The number of primary amides is 2. The number of nitrogens with two attached hydrogens (primary N) is 9. The summed E-state index contributed by atoms with van der Waals surface area (Å²) >= 11 is 0. The van der Waals surface area contributed by atoms with Crippen LogP contribution >= 0.6 is 0 Å². The van der Waals surface area contributed by atoms with E-state index in [1.165, 1.54) is 0 Å². The SMILES string of the molecule is C[C@@H](O)[C@H](NC(=O)[C@H](CCCN=C(N)N)NC(=O)[C@H](CC(N)=O)NC(=O)[C@H](CCCN=C(N)N)NC(=O)[C@H](CCCCN)NC(=O)[C@@H](N)CCC(N)=O)C(=O)N[C@@H](CCCCN)C(=O)O. The van der Waals surface area contributed by atoms with Crippen molar-refractivity contribution < 1.29 is 53.4 Å². The molecule has 0 heterocycles. The molecule has 0 rings (SSSR count). The van der Waals surface area contributed by atoms with Gasteiger partial charge in [0.15, 0.2) is 11.9 Å². The third-order valence-corrected chi connectivity index (χ3v) is 9.44. The number of aliphatic imine (C=N–C) groups is 2. The number of aliphatic hydroxyl groups is 1. The molecule has 0 saturated heterocycles. The van der Waals surface area contributed by atoms with Crippen LogP contribution in [-0.2, 0) is 43.2 Å². The van der Waals surface area contributed by atoms with Crippen molar-refractivity contribution >= 4 is 65.1 Å². The average Bonchev–Trinajstić information content (AvgIpc) is 3.22. The highest BCUT2D eigenvalue weighted by Gasteiger charge is 2.35. The minimum absolute atomic E-state index is 0.00364. The first kappa shape index (κ1) is 58.6. The number of rotatable bonds is 35. The lowest BCUT2D eigenvalue weighted by atomic mass is 10.0. The molecule has 0 aliphatic heterocycles. The van der Waals surface area contributed by atoms with Gasteiger partial charge in [-0.25, -0.2) is 4.79 Å². The Hall–Kier alpha value is -6.39. The minimum Gasteiger partial charge on any atom is -0.480 e. The lowest BCUT2D eigenvalue weighted by Crippen LogP contribution is -2.61. The monoisotopic (exact) mass is 930 g/mol. The molecule has 28 heteroatoms. The second kappa shape index (κ2) is 32.3. The van der Waals surface area contributed by atoms with Crippen LogP contribution in [0.2, 0.25) is 0 Å². The van der Waals surface area contributed by atoms with Crippen LogP contribution in [0, 0.1) is 0 Å². The van der Waals surface area contributed by atoms with E-state index in [-0.39, 0.29) is 89.5 Å². The van der Waals surface area contributed by atoms with Crippen LogP contribution in [0.5, 0.6) is 0 Å². The lowest BCUT2D eigenvalue weighted by Gasteiger charge is -2.28. The minimum atomic E-state index is -1.78. The Morgan fingerprint density at radius 1 is 0.492 bits per heavy atom. The average molecular weight is 930 g/mol. The Balaban J connectivity index is 6.67. The van der Waals surface area contributed by atoms with Gasteiger partial charge in [-0.05, 0) is 90.6 Å². The molecule has 0 radical (unpaired) electrons. The largest absolute Gasteiger partial charge is 0.480 e. The molecule has 0 bridgehead atoms. The first-order valence-corrected chi connectivity index (χ1v) is 21.1. The van der Waals surface area contributed by atoms with Crippen molar-refractivity contribution in [2.75, 3.05) is 26.2 Å². The quantitative estimate of drug-likeness (QED) is 0.0159. The fourth-order valence-corrected chi connectivity index (χ4v) is 5.91. The normalized spacial score (nSPS) is 14.5. The van der Waals surface area contributed by atoms with Gasteiger partial charge in [-0.15, -0.1) is 0 Å². The Kier molecular flexibility index (Phi) is 29.1. The van der Waals surface area contributed by atoms with Gasteiger partial charge in [0.25, 0.3) is 0 Å². The van der Waals surface area contributed by atoms with E-state index < -0.39 is 108 Å². The Morgan fingerprint density at radius 3 is 1.28 bits per heavy atom. The molecular weight excluding hydrogens is 859 g/mol. The fourth-order valence-electron chi connectivity index (χ4n) is 5.91. The molecule has 0 fully saturated rings. The van der Waals surface area contributed by atoms with Crippen LogP contribution in [-0.4, -0.2) is 150 Å². The number of aliphatic carboxylic acids is 1. The third-order valence-electron chi connectivity index (χ3n) is 9.44. The van der Waals surface area contributed by atoms with Crippen molar-refractivity contribution in [3.63, 3.8) is 0 Å². The van der Waals surface area contributed by atoms with E-state index in [2.05, 4.69) is 41.9 Å². The van der Waals surface area contributed by atoms with Crippen LogP contribution < -0.4 is 83.5 Å². The first-order valence-electron chi connectivity index (χ1n) is 21.1. The van der Waals surface area contributed by atoms with E-state index in [1.54, 1.807) is 0 Å². The maximum absolute atomic E-state index is 13.9. The highest BCUT2D eigenvalue weighted by molar-refractivity contribution is 5.98. The summed E-state index contributed by atoms with van der Waals surface area (Å²) in [5.41, 5.74) is 49.3. The van der Waals surface area contributed by atoms with E-state index in [0.29, 0.717) is 25.7 Å². The van der Waals surface area contributed by atoms with E-state index in [4.69, 9.17) is 51.6 Å². The summed E-state index contributed by atoms with van der Waals surface area (Å²) in [4.78, 5) is 124. The zero-order valence-corrected chi connectivity index (χ0v) is 36.8. The van der Waals surface area contributed by atoms with Crippen LogP contribution in [0.3, 0.4) is 0 Å². The number of nitrogens with zero attached hydrogens (tertiary/aromatic N) is 2. The molecule has 0 aromatic heterocycles. The maximum atomic E-state index is 13.9. The molecule has 0 aromatic carbocycles. The topological polar surface area (TPSA) is 525 Å². The molecule has 0 unspecified atom stereocenters. The number of nitrogens with one attached hydrogen (secondary N) is 6. The molecule has 65 heavy (non-hydrogen) atoms. The number of aliphatic hydroxyl groups excluding tert-OH is 1. The number of unbranched alkanes of at least 4 members (excludes halogenated alkanes) is 2. The Bertz CT molecular complexity index is 1640. The van der Waals surface area contributed by atoms with Gasteiger partial charge in [-0.1, -0.05) is 0 Å². The molecule has 8 amide bonds. The molecule has 0 spiro atoms. The van der Waals surface area contributed by atoms with Gasteiger partial charge in [0.1, 0.15) is 36.3 Å². The van der Waals surface area contributed by atoms with Gasteiger partial charge in [-0.2, -0.15) is 0 Å². The number of carbonyl (C=O) groups excluding carboxylic acids is 8. The summed E-state index contributed by atoms with van der Waals surface area (Å²) in [5, 5.41) is 34.5. The van der Waals surface area contributed by atoms with Crippen LogP contribution in [0.1, 0.15) is 90.4 Å². The van der Waals surface area contributed by atoms with Crippen molar-refractivity contribution in [2.24, 2.45) is 61.6 Å². The summed E-state index contributed by atoms with van der Waals surface area (Å²) in [6.45, 7) is 1.65. The van der Waals surface area contributed by atoms with Crippen molar-refractivity contribution in [3.05, 3.63) is 0 Å². The van der Waals surface area contributed by atoms with Gasteiger partial charge in [0, 0.05) is 19.5 Å². The van der Waals surface area contributed by atoms with Crippen molar-refractivity contribution in [3.8, 4) is 0 Å². The Labute approximate surface area is 376 Å². The molecule has 0 aliphatic rings. The molecule has 8 atom stereocenters. The third kappa shape index (κ3) is 26.1. The zero-order chi connectivity index (χ0) is 49.6. The fraction of sp³-hybridized carbons (Fsp3) is 0.703. The van der Waals surface area contributed by atoms with Gasteiger partial charge >= 0.3 is 5.97 Å². The van der Waals surface area contributed by atoms with Gasteiger partial charge in [0.2, 0.25) is 47.3 Å². The van der Waals surface area contributed by atoms with Crippen LogP contribution in [0.25, 0.3) is 0 Å². The highest BCUT2D eigenvalue weighted by Crippen LogP contribution is 2.09. The molecule has 26 N–H and O–H groups in total. The standard InChI is InChI=1S/C37H71N17O11/c1-19(55)28(34(63)52-24(35(64)65)9-3-5-15-39)54-32(61)23(11-7-17-48-37(45)46)51-33(62)25(18-27(42)57)53-31(60)22(10-6-16-47-36(43)44)50-30(59)21(8-2-4-14-38)49-29(58)20(40)12-13-26(41)56/h19-25,28,55H,2-18,38-40H2,1H3,(H2,41,56)(H2,42,57)(H,49,58)(H,50,59)(H,51,62)(H,52,63)(H,53,60)(H,54,61)(H,64,65)(H4,43,44,47)(H4,45,46,48)/t19-,20+,21+,22+,23+,24+,25+,28+/m1/s1. The molecule has 0 aliphatic carbocycles. The summed E-state index contributed by atoms with van der Waals surface area (Å²) in [7, 11) is 0. The zero-order valence-electron chi connectivity index (χ0n) is 36.8. The van der Waals surface area contributed by atoms with E-state index >= 15 is 0 Å². The molecule has 370 valence electrons. The van der Waals surface area contributed by atoms with Gasteiger partial charge in [-0.3, -0.25) is 48.3 Å². The summed E-state index contributed by atoms with van der Waals surface area (Å²) in [6.07, 6.45) is -1.30. The molecule has 0 saturated carbocycles. The predicted molar refractivity (Wildman–Crippen MR) is 237 cm³/mol. The van der Waals surface area contributed by atoms with Crippen LogP contribution in [0.4, 0.5) is 0 Å². The van der Waals surface area contributed by atoms with E-state index in [9.17, 15) is 53.4 Å². The molecule has 0 aromatic rings. The van der Waals surface area contributed by atoms with Crippen molar-refractivity contribution in [2.45, 2.75) is 139 Å². The Morgan fingerprint density at radius 2 is 0.877 bits per heavy atom. The second-order valence-corrected chi connectivity index (χ2v) is 15.1. The number of amides is 8. The van der Waals surface area contributed by atoms with Crippen LogP contribution in [0.15, 0.2) is 9.98 Å². The van der Waals surface area contributed by atoms with Crippen molar-refractivity contribution in [1.82, 2.24) is 31.9 Å². The molecule has 28 nitrogen and oxygen atoms in total. The summed E-state index contributed by atoms with van der Waals surface area (Å²) in [5.74, 6) is -9.59. The number of carboxylic acids is 1. The summed E-state index contributed by atoms with van der Waals surface area (Å²) < 4.78 is 0. The summed E-state index contributed by atoms with van der Waals surface area (Å²) in [6, 6.07) is -10.4. The van der Waals surface area contributed by atoms with Gasteiger partial charge < -0.3 is 93.7 Å². The second-order valence-electron chi connectivity index (χ2n) is 15.1. The molecular formula is C37H71N17O11. The maximum Gasteiger partial charge on any atom is 0.326 e. The smallest absolute Gasteiger partial charge is 0.326 e. The number of hydrogen-bond donors (Lipinski definition) is 17.